The molecule has 0 bridgehead atoms. The van der Waals surface area contributed by atoms with Gasteiger partial charge in [0.1, 0.15) is 0 Å². The first-order chi connectivity index (χ1) is 9.47. The van der Waals surface area contributed by atoms with Crippen molar-refractivity contribution >= 4 is 11.9 Å². The highest BCUT2D eigenvalue weighted by Gasteiger charge is 2.63. The monoisotopic (exact) mass is 282 g/mol. The maximum Gasteiger partial charge on any atom is 0.308 e. The van der Waals surface area contributed by atoms with Gasteiger partial charge >= 0.3 is 11.9 Å². The molecule has 0 aromatic rings. The minimum absolute atomic E-state index is 0.00139. The van der Waals surface area contributed by atoms with Gasteiger partial charge in [0, 0.05) is 0 Å². The third kappa shape index (κ3) is 2.04. The number of carbonyl (C=O) groups excluding carboxylic acids is 2. The van der Waals surface area contributed by atoms with Gasteiger partial charge in [0.15, 0.2) is 0 Å². The topological polar surface area (TPSA) is 52.6 Å². The fourth-order valence-corrected chi connectivity index (χ4v) is 5.06. The molecule has 2 saturated carbocycles. The Bertz CT molecular complexity index is 351. The summed E-state index contributed by atoms with van der Waals surface area (Å²) in [5, 5.41) is 0. The molecule has 0 atom stereocenters. The zero-order chi connectivity index (χ0) is 15.0. The highest BCUT2D eigenvalue weighted by atomic mass is 16.5. The van der Waals surface area contributed by atoms with Crippen LogP contribution in [0.15, 0.2) is 0 Å². The van der Waals surface area contributed by atoms with Crippen LogP contribution in [0.4, 0.5) is 0 Å². The molecular weight excluding hydrogens is 256 g/mol. The highest BCUT2D eigenvalue weighted by molar-refractivity contribution is 5.75. The fourth-order valence-electron chi connectivity index (χ4n) is 5.06. The van der Waals surface area contributed by atoms with E-state index in [1.807, 2.05) is 0 Å². The molecule has 0 radical (unpaired) electrons. The lowest BCUT2D eigenvalue weighted by Gasteiger charge is -2.39. The van der Waals surface area contributed by atoms with Gasteiger partial charge in [-0.2, -0.15) is 0 Å². The summed E-state index contributed by atoms with van der Waals surface area (Å²) in [6.45, 7) is 4.37. The van der Waals surface area contributed by atoms with E-state index in [0.29, 0.717) is 0 Å². The van der Waals surface area contributed by atoms with Gasteiger partial charge in [-0.15, -0.1) is 0 Å². The van der Waals surface area contributed by atoms with Crippen molar-refractivity contribution < 1.29 is 19.1 Å². The lowest BCUT2D eigenvalue weighted by atomic mass is 9.65. The molecule has 0 amide bonds. The van der Waals surface area contributed by atoms with Crippen LogP contribution in [0.25, 0.3) is 0 Å². The molecule has 2 aliphatic rings. The van der Waals surface area contributed by atoms with Crippen molar-refractivity contribution in [1.29, 1.82) is 0 Å². The molecule has 2 aliphatic carbocycles. The third-order valence-electron chi connectivity index (χ3n) is 6.10. The number of hydrogen-bond acceptors (Lipinski definition) is 4. The largest absolute Gasteiger partial charge is 0.469 e. The van der Waals surface area contributed by atoms with Crippen molar-refractivity contribution in [3.05, 3.63) is 0 Å². The predicted molar refractivity (Wildman–Crippen MR) is 74.9 cm³/mol. The Morgan fingerprint density at radius 2 is 1.15 bits per heavy atom. The minimum atomic E-state index is -0.0883. The van der Waals surface area contributed by atoms with E-state index in [1.165, 1.54) is 14.2 Å². The van der Waals surface area contributed by atoms with Crippen LogP contribution in [-0.2, 0) is 19.1 Å². The van der Waals surface area contributed by atoms with Crippen LogP contribution in [0.2, 0.25) is 0 Å². The Morgan fingerprint density at radius 3 is 1.35 bits per heavy atom. The molecule has 20 heavy (non-hydrogen) atoms. The molecule has 0 spiro atoms. The Hall–Kier alpha value is -1.06. The molecule has 0 N–H and O–H groups in total. The second-order valence-corrected chi connectivity index (χ2v) is 6.52. The van der Waals surface area contributed by atoms with Crippen molar-refractivity contribution in [1.82, 2.24) is 0 Å². The van der Waals surface area contributed by atoms with Gasteiger partial charge in [-0.05, 0) is 49.4 Å². The summed E-state index contributed by atoms with van der Waals surface area (Å²) in [5.41, 5.74) is 0.193. The van der Waals surface area contributed by atoms with Crippen LogP contribution in [0, 0.1) is 22.7 Å². The molecule has 114 valence electrons. The van der Waals surface area contributed by atoms with E-state index < -0.39 is 0 Å². The van der Waals surface area contributed by atoms with Crippen LogP contribution < -0.4 is 0 Å². The summed E-state index contributed by atoms with van der Waals surface area (Å²) in [6, 6.07) is 0. The van der Waals surface area contributed by atoms with E-state index in [4.69, 9.17) is 9.47 Å². The predicted octanol–water partition coefficient (Wildman–Crippen LogP) is 2.95. The van der Waals surface area contributed by atoms with E-state index in [1.54, 1.807) is 0 Å². The standard InChI is InChI=1S/C16H26O4/c1-5-15-7-11(13(17)19-3)9-16(15,6-2)10-12(8-15)14(18)20-4/h11-12H,5-10H2,1-4H3. The molecule has 0 saturated heterocycles. The quantitative estimate of drug-likeness (QED) is 0.744. The van der Waals surface area contributed by atoms with E-state index >= 15 is 0 Å². The molecule has 0 unspecified atom stereocenters. The molecule has 4 nitrogen and oxygen atoms in total. The molecule has 0 aromatic heterocycles. The van der Waals surface area contributed by atoms with E-state index in [-0.39, 0.29) is 34.6 Å². The molecule has 2 rings (SSSR count). The smallest absolute Gasteiger partial charge is 0.308 e. The number of carbonyl (C=O) groups is 2. The van der Waals surface area contributed by atoms with Gasteiger partial charge in [0.05, 0.1) is 26.1 Å². The summed E-state index contributed by atoms with van der Waals surface area (Å²) < 4.78 is 9.89. The van der Waals surface area contributed by atoms with Gasteiger partial charge in [0.2, 0.25) is 0 Å². The molecular formula is C16H26O4. The van der Waals surface area contributed by atoms with Crippen molar-refractivity contribution in [2.45, 2.75) is 52.4 Å². The molecule has 0 aromatic carbocycles. The van der Waals surface area contributed by atoms with E-state index in [9.17, 15) is 9.59 Å². The third-order valence-corrected chi connectivity index (χ3v) is 6.10. The summed E-state index contributed by atoms with van der Waals surface area (Å²) in [5.74, 6) is -0.179. The molecule has 4 heteroatoms. The summed E-state index contributed by atoms with van der Waals surface area (Å²) in [7, 11) is 2.93. The Kier molecular flexibility index (Phi) is 4.12. The molecule has 2 fully saturated rings. The van der Waals surface area contributed by atoms with Crippen molar-refractivity contribution in [2.24, 2.45) is 22.7 Å². The second kappa shape index (κ2) is 5.38. The lowest BCUT2D eigenvalue weighted by molar-refractivity contribution is -0.146. The second-order valence-electron chi connectivity index (χ2n) is 6.52. The normalized spacial score (nSPS) is 39.4. The zero-order valence-electron chi connectivity index (χ0n) is 13.0. The van der Waals surface area contributed by atoms with Gasteiger partial charge in [-0.25, -0.2) is 0 Å². The Morgan fingerprint density at radius 1 is 0.850 bits per heavy atom. The first kappa shape index (κ1) is 15.3. The number of esters is 2. The van der Waals surface area contributed by atoms with Gasteiger partial charge in [-0.1, -0.05) is 13.8 Å². The van der Waals surface area contributed by atoms with Gasteiger partial charge in [0.25, 0.3) is 0 Å². The van der Waals surface area contributed by atoms with Crippen molar-refractivity contribution in [3.63, 3.8) is 0 Å². The average molecular weight is 282 g/mol. The van der Waals surface area contributed by atoms with Crippen LogP contribution in [0.3, 0.4) is 0 Å². The van der Waals surface area contributed by atoms with E-state index in [2.05, 4.69) is 13.8 Å². The SMILES string of the molecule is CCC12CC(C(=O)OC)CC1(CC)CC(C(=O)OC)C2. The summed E-state index contributed by atoms with van der Waals surface area (Å²) in [6.07, 6.45) is 5.47. The van der Waals surface area contributed by atoms with Gasteiger partial charge < -0.3 is 9.47 Å². The van der Waals surface area contributed by atoms with E-state index in [0.717, 1.165) is 38.5 Å². The van der Waals surface area contributed by atoms with Crippen molar-refractivity contribution in [2.75, 3.05) is 14.2 Å². The lowest BCUT2D eigenvalue weighted by Crippen LogP contribution is -2.30. The molecule has 0 aliphatic heterocycles. The minimum Gasteiger partial charge on any atom is -0.469 e. The number of hydrogen-bond donors (Lipinski definition) is 0. The maximum absolute atomic E-state index is 11.9. The van der Waals surface area contributed by atoms with Crippen LogP contribution in [-0.4, -0.2) is 26.2 Å². The van der Waals surface area contributed by atoms with Crippen LogP contribution >= 0.6 is 0 Å². The number of methoxy groups -OCH3 is 2. The zero-order valence-corrected chi connectivity index (χ0v) is 13.0. The Balaban J connectivity index is 2.28. The van der Waals surface area contributed by atoms with Crippen LogP contribution in [0.1, 0.15) is 52.4 Å². The molecule has 0 heterocycles. The summed E-state index contributed by atoms with van der Waals surface area (Å²) >= 11 is 0. The fraction of sp³-hybridized carbons (Fsp3) is 0.875. The number of fused-ring (bicyclic) bond motifs is 1. The number of ether oxygens (including phenoxy) is 2. The van der Waals surface area contributed by atoms with Gasteiger partial charge in [-0.3, -0.25) is 9.59 Å². The highest BCUT2D eigenvalue weighted by Crippen LogP contribution is 2.69. The first-order valence-corrected chi connectivity index (χ1v) is 7.63. The Labute approximate surface area is 121 Å². The number of rotatable bonds is 4. The summed E-state index contributed by atoms with van der Waals surface area (Å²) in [4.78, 5) is 23.8. The maximum atomic E-state index is 11.9. The van der Waals surface area contributed by atoms with Crippen LogP contribution in [0.5, 0.6) is 0 Å². The van der Waals surface area contributed by atoms with Crippen molar-refractivity contribution in [3.8, 4) is 0 Å². The average Bonchev–Trinajstić information content (AvgIpc) is 2.95. The first-order valence-electron chi connectivity index (χ1n) is 7.63.